The molecule has 4 nitrogen and oxygen atoms in total. The number of nitrogens with zero attached hydrogens (tertiary/aromatic N) is 4. The Balaban J connectivity index is 1.12. The first kappa shape index (κ1) is 33.8. The number of rotatable bonds is 8. The van der Waals surface area contributed by atoms with Crippen LogP contribution in [0.5, 0.6) is 0 Å². The van der Waals surface area contributed by atoms with E-state index in [4.69, 9.17) is 15.0 Å². The fourth-order valence-corrected chi connectivity index (χ4v) is 7.82. The van der Waals surface area contributed by atoms with Crippen molar-refractivity contribution in [3.05, 3.63) is 241 Å². The highest BCUT2D eigenvalue weighted by Crippen LogP contribution is 2.39. The SMILES string of the molecule is c1ccc(/C(=C(\c2ccccc2)c2ccc(-n3c4ccccc4c4ccccc43)cc2)c2ccc(-c3nc(-c4ccccc4)nc(-c4ccccc4)n3)cc2)cc1. The summed E-state index contributed by atoms with van der Waals surface area (Å²) in [5.41, 5.74) is 13.1. The monoisotopic (exact) mass is 728 g/mol. The van der Waals surface area contributed by atoms with Crippen LogP contribution in [0.15, 0.2) is 218 Å². The molecule has 268 valence electrons. The number of hydrogen-bond donors (Lipinski definition) is 0. The molecule has 0 N–H and O–H groups in total. The van der Waals surface area contributed by atoms with Crippen molar-refractivity contribution in [1.82, 2.24) is 19.5 Å². The van der Waals surface area contributed by atoms with Gasteiger partial charge in [-0.25, -0.2) is 15.0 Å². The van der Waals surface area contributed by atoms with Gasteiger partial charge in [0.2, 0.25) is 0 Å². The minimum Gasteiger partial charge on any atom is -0.309 e. The van der Waals surface area contributed by atoms with Crippen LogP contribution in [0, 0.1) is 0 Å². The van der Waals surface area contributed by atoms with E-state index in [9.17, 15) is 0 Å². The van der Waals surface area contributed by atoms with Crippen LogP contribution in [0.3, 0.4) is 0 Å². The molecule has 0 amide bonds. The van der Waals surface area contributed by atoms with Crippen LogP contribution in [0.4, 0.5) is 0 Å². The summed E-state index contributed by atoms with van der Waals surface area (Å²) in [6.45, 7) is 0. The van der Waals surface area contributed by atoms with Crippen molar-refractivity contribution in [2.45, 2.75) is 0 Å². The number of para-hydroxylation sites is 2. The Morgan fingerprint density at radius 1 is 0.281 bits per heavy atom. The Labute approximate surface area is 331 Å². The van der Waals surface area contributed by atoms with E-state index in [1.165, 1.54) is 21.8 Å². The Kier molecular flexibility index (Phi) is 8.82. The summed E-state index contributed by atoms with van der Waals surface area (Å²) in [7, 11) is 0. The maximum Gasteiger partial charge on any atom is 0.164 e. The third kappa shape index (κ3) is 6.49. The summed E-state index contributed by atoms with van der Waals surface area (Å²) in [6, 6.07) is 76.6. The number of aromatic nitrogens is 4. The van der Waals surface area contributed by atoms with Crippen molar-refractivity contribution in [2.24, 2.45) is 0 Å². The maximum absolute atomic E-state index is 4.99. The van der Waals surface area contributed by atoms with Gasteiger partial charge in [-0.05, 0) is 57.7 Å². The molecule has 2 aromatic heterocycles. The van der Waals surface area contributed by atoms with E-state index in [0.29, 0.717) is 17.5 Å². The summed E-state index contributed by atoms with van der Waals surface area (Å²) < 4.78 is 2.37. The first-order valence-corrected chi connectivity index (χ1v) is 19.2. The topological polar surface area (TPSA) is 43.6 Å². The number of fused-ring (bicyclic) bond motifs is 3. The molecule has 0 aliphatic carbocycles. The molecular weight excluding hydrogens is 693 g/mol. The summed E-state index contributed by atoms with van der Waals surface area (Å²) in [6.07, 6.45) is 0. The van der Waals surface area contributed by atoms with Gasteiger partial charge in [0, 0.05) is 33.2 Å². The Bertz CT molecular complexity index is 2900. The van der Waals surface area contributed by atoms with Crippen molar-refractivity contribution < 1.29 is 0 Å². The predicted molar refractivity (Wildman–Crippen MR) is 235 cm³/mol. The number of benzene rings is 8. The van der Waals surface area contributed by atoms with Gasteiger partial charge in [0.05, 0.1) is 11.0 Å². The standard InChI is InChI=1S/C53H36N4/c1-5-17-37(18-6-1)49(39-29-31-43(32-30-39)53-55-51(41-21-9-3-10-22-41)54-52(56-53)42-23-11-4-12-24-42)50(38-19-7-2-8-20-38)40-33-35-44(36-34-40)57-47-27-15-13-25-45(47)46-26-14-16-28-48(46)57/h1-36H/b50-49-. The number of hydrogen-bond acceptors (Lipinski definition) is 3. The molecule has 10 rings (SSSR count). The summed E-state index contributed by atoms with van der Waals surface area (Å²) >= 11 is 0. The largest absolute Gasteiger partial charge is 0.309 e. The highest BCUT2D eigenvalue weighted by atomic mass is 15.0. The van der Waals surface area contributed by atoms with Crippen LogP contribution < -0.4 is 0 Å². The second kappa shape index (κ2) is 14.9. The van der Waals surface area contributed by atoms with Crippen LogP contribution in [-0.2, 0) is 0 Å². The second-order valence-electron chi connectivity index (χ2n) is 14.0. The van der Waals surface area contributed by atoms with Gasteiger partial charge >= 0.3 is 0 Å². The molecule has 0 atom stereocenters. The zero-order valence-electron chi connectivity index (χ0n) is 31.1. The van der Waals surface area contributed by atoms with Gasteiger partial charge in [-0.1, -0.05) is 194 Å². The van der Waals surface area contributed by atoms with Crippen molar-refractivity contribution in [2.75, 3.05) is 0 Å². The average Bonchev–Trinajstić information content (AvgIpc) is 3.64. The smallest absolute Gasteiger partial charge is 0.164 e. The zero-order chi connectivity index (χ0) is 38.0. The molecule has 0 radical (unpaired) electrons. The highest BCUT2D eigenvalue weighted by Gasteiger charge is 2.19. The van der Waals surface area contributed by atoms with E-state index < -0.39 is 0 Å². The van der Waals surface area contributed by atoms with E-state index in [1.54, 1.807) is 0 Å². The lowest BCUT2D eigenvalue weighted by atomic mass is 9.85. The van der Waals surface area contributed by atoms with E-state index >= 15 is 0 Å². The lowest BCUT2D eigenvalue weighted by molar-refractivity contribution is 1.07. The van der Waals surface area contributed by atoms with Crippen LogP contribution >= 0.6 is 0 Å². The van der Waals surface area contributed by atoms with Crippen LogP contribution in [-0.4, -0.2) is 19.5 Å². The van der Waals surface area contributed by atoms with Crippen molar-refractivity contribution in [3.63, 3.8) is 0 Å². The van der Waals surface area contributed by atoms with E-state index in [1.807, 2.05) is 60.7 Å². The van der Waals surface area contributed by atoms with Gasteiger partial charge in [0.25, 0.3) is 0 Å². The summed E-state index contributed by atoms with van der Waals surface area (Å²) in [5.74, 6) is 1.91. The van der Waals surface area contributed by atoms with Crippen molar-refractivity contribution in [3.8, 4) is 39.9 Å². The van der Waals surface area contributed by atoms with Gasteiger partial charge in [-0.3, -0.25) is 0 Å². The predicted octanol–water partition coefficient (Wildman–Crippen LogP) is 13.0. The zero-order valence-corrected chi connectivity index (χ0v) is 31.1. The van der Waals surface area contributed by atoms with Gasteiger partial charge in [-0.2, -0.15) is 0 Å². The third-order valence-electron chi connectivity index (χ3n) is 10.5. The Hall–Kier alpha value is -7.69. The summed E-state index contributed by atoms with van der Waals surface area (Å²) in [5, 5.41) is 2.50. The summed E-state index contributed by atoms with van der Waals surface area (Å²) in [4.78, 5) is 14.9. The normalized spacial score (nSPS) is 11.8. The average molecular weight is 729 g/mol. The molecule has 0 saturated carbocycles. The third-order valence-corrected chi connectivity index (χ3v) is 10.5. The molecular formula is C53H36N4. The maximum atomic E-state index is 4.99. The fraction of sp³-hybridized carbons (Fsp3) is 0. The van der Waals surface area contributed by atoms with Crippen LogP contribution in [0.25, 0.3) is 72.8 Å². The van der Waals surface area contributed by atoms with E-state index in [2.05, 4.69) is 162 Å². The van der Waals surface area contributed by atoms with Crippen LogP contribution in [0.1, 0.15) is 22.3 Å². The molecule has 0 spiro atoms. The minimum atomic E-state index is 0.628. The first-order valence-electron chi connectivity index (χ1n) is 19.2. The highest BCUT2D eigenvalue weighted by molar-refractivity contribution is 6.09. The van der Waals surface area contributed by atoms with Gasteiger partial charge < -0.3 is 4.57 Å². The van der Waals surface area contributed by atoms with E-state index in [-0.39, 0.29) is 0 Å². The Morgan fingerprint density at radius 3 is 1.02 bits per heavy atom. The molecule has 8 aromatic carbocycles. The van der Waals surface area contributed by atoms with Crippen LogP contribution in [0.2, 0.25) is 0 Å². The second-order valence-corrected chi connectivity index (χ2v) is 14.0. The minimum absolute atomic E-state index is 0.628. The molecule has 4 heteroatoms. The molecule has 0 aliphatic heterocycles. The molecule has 10 aromatic rings. The van der Waals surface area contributed by atoms with Gasteiger partial charge in [0.15, 0.2) is 17.5 Å². The fourth-order valence-electron chi connectivity index (χ4n) is 7.82. The van der Waals surface area contributed by atoms with E-state index in [0.717, 1.165) is 55.8 Å². The van der Waals surface area contributed by atoms with Gasteiger partial charge in [0.1, 0.15) is 0 Å². The molecule has 0 aliphatic rings. The molecule has 57 heavy (non-hydrogen) atoms. The lowest BCUT2D eigenvalue weighted by Gasteiger charge is -2.19. The van der Waals surface area contributed by atoms with Gasteiger partial charge in [-0.15, -0.1) is 0 Å². The van der Waals surface area contributed by atoms with Crippen molar-refractivity contribution in [1.29, 1.82) is 0 Å². The molecule has 0 bridgehead atoms. The molecule has 0 saturated heterocycles. The molecule has 2 heterocycles. The molecule has 0 unspecified atom stereocenters. The van der Waals surface area contributed by atoms with Crippen molar-refractivity contribution >= 4 is 33.0 Å². The lowest BCUT2D eigenvalue weighted by Crippen LogP contribution is -2.01. The quantitative estimate of drug-likeness (QED) is 0.146. The Morgan fingerprint density at radius 2 is 0.596 bits per heavy atom. The molecule has 0 fully saturated rings. The first-order chi connectivity index (χ1) is 28.3.